The molecular weight excluding hydrogens is 256 g/mol. The van der Waals surface area contributed by atoms with Crippen LogP contribution in [-0.2, 0) is 4.79 Å². The fourth-order valence-electron chi connectivity index (χ4n) is 3.07. The van der Waals surface area contributed by atoms with Gasteiger partial charge in [-0.05, 0) is 25.2 Å². The molecular formula is C15H26N2OS. The Balaban J connectivity index is 1.73. The summed E-state index contributed by atoms with van der Waals surface area (Å²) in [6.45, 7) is 0.726. The Hall–Kier alpha value is -0.640. The number of nitrogens with zero attached hydrogens (tertiary/aromatic N) is 1. The molecule has 0 aromatic heterocycles. The van der Waals surface area contributed by atoms with Gasteiger partial charge in [0.1, 0.15) is 0 Å². The lowest BCUT2D eigenvalue weighted by Crippen LogP contribution is -2.35. The summed E-state index contributed by atoms with van der Waals surface area (Å²) in [5.74, 6) is 1.11. The van der Waals surface area contributed by atoms with Crippen molar-refractivity contribution in [1.82, 2.24) is 4.90 Å². The fourth-order valence-corrected chi connectivity index (χ4v) is 3.17. The summed E-state index contributed by atoms with van der Waals surface area (Å²) in [6.07, 6.45) is 11.5. The van der Waals surface area contributed by atoms with Crippen LogP contribution >= 0.6 is 12.2 Å². The predicted octanol–water partition coefficient (Wildman–Crippen LogP) is 3.01. The summed E-state index contributed by atoms with van der Waals surface area (Å²) in [4.78, 5) is 14.9. The van der Waals surface area contributed by atoms with Gasteiger partial charge < -0.3 is 10.6 Å². The van der Waals surface area contributed by atoms with E-state index in [1.165, 1.54) is 32.1 Å². The Morgan fingerprint density at radius 3 is 2.37 bits per heavy atom. The van der Waals surface area contributed by atoms with Crippen LogP contribution in [0.2, 0.25) is 0 Å². The molecule has 0 radical (unpaired) electrons. The van der Waals surface area contributed by atoms with Crippen molar-refractivity contribution in [2.45, 2.75) is 70.3 Å². The normalized spacial score (nSPS) is 20.2. The quantitative estimate of drug-likeness (QED) is 0.730. The first-order valence-electron chi connectivity index (χ1n) is 7.74. The molecule has 2 fully saturated rings. The lowest BCUT2D eigenvalue weighted by atomic mass is 9.86. The summed E-state index contributed by atoms with van der Waals surface area (Å²) in [5.41, 5.74) is 5.55. The standard InChI is InChI=1S/C15H26N2OS/c16-14(19)10-11-17(13-7-8-13)15(18)9-6-12-4-2-1-3-5-12/h12-13H,1-11H2,(H2,16,19). The minimum absolute atomic E-state index is 0.323. The number of rotatable bonds is 7. The third-order valence-corrected chi connectivity index (χ3v) is 4.60. The topological polar surface area (TPSA) is 46.3 Å². The average molecular weight is 282 g/mol. The molecule has 0 bridgehead atoms. The van der Waals surface area contributed by atoms with Gasteiger partial charge in [0.25, 0.3) is 0 Å². The predicted molar refractivity (Wildman–Crippen MR) is 81.9 cm³/mol. The molecule has 2 aliphatic rings. The highest BCUT2D eigenvalue weighted by Gasteiger charge is 2.32. The third-order valence-electron chi connectivity index (χ3n) is 4.40. The fraction of sp³-hybridized carbons (Fsp3) is 0.867. The molecule has 1 amide bonds. The van der Waals surface area contributed by atoms with Crippen LogP contribution in [0.15, 0.2) is 0 Å². The van der Waals surface area contributed by atoms with Crippen molar-refractivity contribution >= 4 is 23.1 Å². The largest absolute Gasteiger partial charge is 0.393 e. The maximum atomic E-state index is 12.3. The van der Waals surface area contributed by atoms with Gasteiger partial charge in [-0.2, -0.15) is 0 Å². The molecule has 2 rings (SSSR count). The molecule has 3 nitrogen and oxygen atoms in total. The number of hydrogen-bond acceptors (Lipinski definition) is 2. The number of carbonyl (C=O) groups excluding carboxylic acids is 1. The van der Waals surface area contributed by atoms with Gasteiger partial charge in [-0.15, -0.1) is 0 Å². The molecule has 0 unspecified atom stereocenters. The highest BCUT2D eigenvalue weighted by Crippen LogP contribution is 2.30. The molecule has 0 aromatic rings. The minimum atomic E-state index is 0.323. The van der Waals surface area contributed by atoms with Crippen molar-refractivity contribution in [2.24, 2.45) is 11.7 Å². The van der Waals surface area contributed by atoms with E-state index in [-0.39, 0.29) is 0 Å². The second-order valence-electron chi connectivity index (χ2n) is 6.08. The van der Waals surface area contributed by atoms with E-state index in [1.807, 2.05) is 4.90 Å². The van der Waals surface area contributed by atoms with Gasteiger partial charge in [-0.25, -0.2) is 0 Å². The SMILES string of the molecule is NC(=S)CCN(C(=O)CCC1CCCCC1)C1CC1. The summed E-state index contributed by atoms with van der Waals surface area (Å²) >= 11 is 4.91. The Morgan fingerprint density at radius 2 is 1.79 bits per heavy atom. The maximum absolute atomic E-state index is 12.3. The van der Waals surface area contributed by atoms with Crippen molar-refractivity contribution < 1.29 is 4.79 Å². The van der Waals surface area contributed by atoms with Gasteiger partial charge in [-0.1, -0.05) is 44.3 Å². The van der Waals surface area contributed by atoms with Crippen LogP contribution < -0.4 is 5.73 Å². The molecule has 0 saturated heterocycles. The molecule has 19 heavy (non-hydrogen) atoms. The van der Waals surface area contributed by atoms with Crippen LogP contribution in [0, 0.1) is 5.92 Å². The van der Waals surface area contributed by atoms with Gasteiger partial charge in [0.05, 0.1) is 4.99 Å². The maximum Gasteiger partial charge on any atom is 0.222 e. The lowest BCUT2D eigenvalue weighted by molar-refractivity contribution is -0.132. The average Bonchev–Trinajstić information content (AvgIpc) is 3.22. The number of carbonyl (C=O) groups is 1. The van der Waals surface area contributed by atoms with E-state index in [2.05, 4.69) is 0 Å². The molecule has 2 aliphatic carbocycles. The second-order valence-corrected chi connectivity index (χ2v) is 6.60. The Labute approximate surface area is 121 Å². The van der Waals surface area contributed by atoms with E-state index < -0.39 is 0 Å². The first kappa shape index (κ1) is 14.8. The molecule has 0 spiro atoms. The van der Waals surface area contributed by atoms with E-state index in [0.29, 0.717) is 23.4 Å². The van der Waals surface area contributed by atoms with Gasteiger partial charge >= 0.3 is 0 Å². The zero-order valence-corrected chi connectivity index (χ0v) is 12.6. The van der Waals surface area contributed by atoms with E-state index in [4.69, 9.17) is 18.0 Å². The molecule has 2 N–H and O–H groups in total. The first-order valence-corrected chi connectivity index (χ1v) is 8.15. The van der Waals surface area contributed by atoms with E-state index >= 15 is 0 Å². The summed E-state index contributed by atoms with van der Waals surface area (Å²) in [5, 5.41) is 0. The van der Waals surface area contributed by atoms with Crippen LogP contribution in [0.5, 0.6) is 0 Å². The molecule has 0 aliphatic heterocycles. The highest BCUT2D eigenvalue weighted by atomic mass is 32.1. The smallest absolute Gasteiger partial charge is 0.222 e. The summed E-state index contributed by atoms with van der Waals surface area (Å²) in [6, 6.07) is 0.480. The molecule has 0 heterocycles. The first-order chi connectivity index (χ1) is 9.16. The molecule has 2 saturated carbocycles. The van der Waals surface area contributed by atoms with Gasteiger partial charge in [0.15, 0.2) is 0 Å². The molecule has 4 heteroatoms. The summed E-state index contributed by atoms with van der Waals surface area (Å²) < 4.78 is 0. The van der Waals surface area contributed by atoms with Gasteiger partial charge in [0, 0.05) is 25.4 Å². The number of amides is 1. The van der Waals surface area contributed by atoms with E-state index in [0.717, 1.165) is 38.1 Å². The zero-order valence-electron chi connectivity index (χ0n) is 11.8. The van der Waals surface area contributed by atoms with Crippen molar-refractivity contribution in [3.8, 4) is 0 Å². The Kier molecular flexibility index (Phi) is 5.61. The number of hydrogen-bond donors (Lipinski definition) is 1. The van der Waals surface area contributed by atoms with Crippen LogP contribution in [0.4, 0.5) is 0 Å². The van der Waals surface area contributed by atoms with Gasteiger partial charge in [-0.3, -0.25) is 4.79 Å². The van der Waals surface area contributed by atoms with Crippen LogP contribution in [0.25, 0.3) is 0 Å². The van der Waals surface area contributed by atoms with Crippen LogP contribution in [-0.4, -0.2) is 28.4 Å². The second kappa shape index (κ2) is 7.22. The van der Waals surface area contributed by atoms with Crippen molar-refractivity contribution in [3.05, 3.63) is 0 Å². The van der Waals surface area contributed by atoms with E-state index in [9.17, 15) is 4.79 Å². The van der Waals surface area contributed by atoms with Crippen molar-refractivity contribution in [2.75, 3.05) is 6.54 Å². The summed E-state index contributed by atoms with van der Waals surface area (Å²) in [7, 11) is 0. The van der Waals surface area contributed by atoms with E-state index in [1.54, 1.807) is 0 Å². The molecule has 108 valence electrons. The lowest BCUT2D eigenvalue weighted by Gasteiger charge is -2.25. The Morgan fingerprint density at radius 1 is 1.11 bits per heavy atom. The van der Waals surface area contributed by atoms with Gasteiger partial charge in [0.2, 0.25) is 5.91 Å². The van der Waals surface area contributed by atoms with Crippen LogP contribution in [0.3, 0.4) is 0 Å². The van der Waals surface area contributed by atoms with Crippen LogP contribution in [0.1, 0.15) is 64.2 Å². The minimum Gasteiger partial charge on any atom is -0.393 e. The Bertz CT molecular complexity index is 322. The highest BCUT2D eigenvalue weighted by molar-refractivity contribution is 7.80. The molecule has 0 atom stereocenters. The number of thiocarbonyl (C=S) groups is 1. The van der Waals surface area contributed by atoms with Crippen molar-refractivity contribution in [1.29, 1.82) is 0 Å². The number of nitrogens with two attached hydrogens (primary N) is 1. The zero-order chi connectivity index (χ0) is 13.7. The molecule has 0 aromatic carbocycles. The van der Waals surface area contributed by atoms with Crippen molar-refractivity contribution in [3.63, 3.8) is 0 Å². The third kappa shape index (κ3) is 5.09. The monoisotopic (exact) mass is 282 g/mol.